The van der Waals surface area contributed by atoms with Crippen molar-refractivity contribution < 1.29 is 15.0 Å². The van der Waals surface area contributed by atoms with E-state index in [9.17, 15) is 15.0 Å². The van der Waals surface area contributed by atoms with E-state index >= 15 is 0 Å². The minimum atomic E-state index is -0.412. The molecule has 1 aromatic rings. The summed E-state index contributed by atoms with van der Waals surface area (Å²) in [6.45, 7) is 4.22. The van der Waals surface area contributed by atoms with Crippen LogP contribution in [0.1, 0.15) is 42.1 Å². The number of nitrogens with zero attached hydrogens (tertiary/aromatic N) is 1. The fourth-order valence-electron chi connectivity index (χ4n) is 2.73. The summed E-state index contributed by atoms with van der Waals surface area (Å²) in [7, 11) is 0. The van der Waals surface area contributed by atoms with Crippen LogP contribution in [0.2, 0.25) is 0 Å². The van der Waals surface area contributed by atoms with Gasteiger partial charge in [0.05, 0.1) is 11.7 Å². The predicted molar refractivity (Wildman–Crippen MR) is 73.2 cm³/mol. The van der Waals surface area contributed by atoms with Gasteiger partial charge in [0.15, 0.2) is 0 Å². The number of likely N-dealkylation sites (tertiary alicyclic amines) is 1. The Kier molecular flexibility index (Phi) is 4.10. The SMILES string of the molecule is Cc1cccc(C(=O)N2CCCC2CC(C)O)c1O. The maximum atomic E-state index is 12.5. The van der Waals surface area contributed by atoms with Crippen LogP contribution < -0.4 is 0 Å². The molecule has 4 heteroatoms. The fourth-order valence-corrected chi connectivity index (χ4v) is 2.73. The highest BCUT2D eigenvalue weighted by Gasteiger charge is 2.31. The molecule has 0 spiro atoms. The molecule has 0 radical (unpaired) electrons. The largest absolute Gasteiger partial charge is 0.507 e. The second-order valence-electron chi connectivity index (χ2n) is 5.35. The number of carbonyl (C=O) groups is 1. The van der Waals surface area contributed by atoms with Gasteiger partial charge in [0, 0.05) is 12.6 Å². The van der Waals surface area contributed by atoms with Crippen LogP contribution in [-0.2, 0) is 0 Å². The number of aliphatic hydroxyl groups is 1. The van der Waals surface area contributed by atoms with Gasteiger partial charge in [0.25, 0.3) is 5.91 Å². The zero-order valence-corrected chi connectivity index (χ0v) is 11.5. The summed E-state index contributed by atoms with van der Waals surface area (Å²) in [4.78, 5) is 14.3. The van der Waals surface area contributed by atoms with Gasteiger partial charge in [0.2, 0.25) is 0 Å². The van der Waals surface area contributed by atoms with E-state index in [0.29, 0.717) is 24.1 Å². The number of rotatable bonds is 3. The number of carbonyl (C=O) groups excluding carboxylic acids is 1. The third-order valence-corrected chi connectivity index (χ3v) is 3.72. The molecule has 0 aliphatic carbocycles. The second kappa shape index (κ2) is 5.61. The molecule has 2 unspecified atom stereocenters. The molecule has 104 valence electrons. The van der Waals surface area contributed by atoms with Crippen molar-refractivity contribution in [1.29, 1.82) is 0 Å². The molecular formula is C15H21NO3. The first-order chi connectivity index (χ1) is 9.00. The zero-order valence-electron chi connectivity index (χ0n) is 11.5. The monoisotopic (exact) mass is 263 g/mol. The van der Waals surface area contributed by atoms with Crippen molar-refractivity contribution in [1.82, 2.24) is 4.90 Å². The molecule has 1 amide bonds. The first kappa shape index (κ1) is 13.9. The summed E-state index contributed by atoms with van der Waals surface area (Å²) in [5.41, 5.74) is 1.06. The Morgan fingerprint density at radius 1 is 1.53 bits per heavy atom. The number of phenols is 1. The number of aliphatic hydroxyl groups excluding tert-OH is 1. The van der Waals surface area contributed by atoms with E-state index in [1.807, 2.05) is 0 Å². The Morgan fingerprint density at radius 2 is 2.26 bits per heavy atom. The smallest absolute Gasteiger partial charge is 0.257 e. The molecule has 1 heterocycles. The van der Waals surface area contributed by atoms with Gasteiger partial charge in [-0.15, -0.1) is 0 Å². The summed E-state index contributed by atoms with van der Waals surface area (Å²) in [5, 5.41) is 19.5. The molecule has 0 saturated carbocycles. The highest BCUT2D eigenvalue weighted by Crippen LogP contribution is 2.28. The van der Waals surface area contributed by atoms with Crippen LogP contribution in [-0.4, -0.2) is 39.7 Å². The molecule has 4 nitrogen and oxygen atoms in total. The molecule has 1 aliphatic heterocycles. The number of hydrogen-bond acceptors (Lipinski definition) is 3. The topological polar surface area (TPSA) is 60.8 Å². The lowest BCUT2D eigenvalue weighted by atomic mass is 10.1. The molecule has 1 fully saturated rings. The van der Waals surface area contributed by atoms with Crippen LogP contribution in [0.3, 0.4) is 0 Å². The number of amides is 1. The molecular weight excluding hydrogens is 242 g/mol. The van der Waals surface area contributed by atoms with Gasteiger partial charge in [-0.1, -0.05) is 12.1 Å². The zero-order chi connectivity index (χ0) is 14.0. The maximum absolute atomic E-state index is 12.5. The van der Waals surface area contributed by atoms with Crippen LogP contribution in [0.25, 0.3) is 0 Å². The van der Waals surface area contributed by atoms with Crippen molar-refractivity contribution in [2.75, 3.05) is 6.54 Å². The number of hydrogen-bond donors (Lipinski definition) is 2. The van der Waals surface area contributed by atoms with Crippen molar-refractivity contribution in [3.05, 3.63) is 29.3 Å². The van der Waals surface area contributed by atoms with E-state index in [4.69, 9.17) is 0 Å². The lowest BCUT2D eigenvalue weighted by Gasteiger charge is -2.26. The van der Waals surface area contributed by atoms with E-state index in [0.717, 1.165) is 12.8 Å². The van der Waals surface area contributed by atoms with E-state index < -0.39 is 6.10 Å². The molecule has 1 aliphatic rings. The summed E-state index contributed by atoms with van der Waals surface area (Å²) in [6, 6.07) is 5.29. The lowest BCUT2D eigenvalue weighted by molar-refractivity contribution is 0.0679. The Hall–Kier alpha value is -1.55. The van der Waals surface area contributed by atoms with Crippen molar-refractivity contribution in [3.8, 4) is 5.75 Å². The first-order valence-electron chi connectivity index (χ1n) is 6.78. The Balaban J connectivity index is 2.21. The quantitative estimate of drug-likeness (QED) is 0.877. The predicted octanol–water partition coefficient (Wildman–Crippen LogP) is 2.08. The Morgan fingerprint density at radius 3 is 2.95 bits per heavy atom. The molecule has 0 bridgehead atoms. The van der Waals surface area contributed by atoms with Gasteiger partial charge in [-0.2, -0.15) is 0 Å². The van der Waals surface area contributed by atoms with Gasteiger partial charge < -0.3 is 15.1 Å². The van der Waals surface area contributed by atoms with Crippen molar-refractivity contribution in [2.24, 2.45) is 0 Å². The number of benzene rings is 1. The summed E-state index contributed by atoms with van der Waals surface area (Å²) < 4.78 is 0. The molecule has 0 aromatic heterocycles. The first-order valence-corrected chi connectivity index (χ1v) is 6.78. The van der Waals surface area contributed by atoms with Gasteiger partial charge in [-0.25, -0.2) is 0 Å². The second-order valence-corrected chi connectivity index (χ2v) is 5.35. The average Bonchev–Trinajstić information content (AvgIpc) is 2.79. The summed E-state index contributed by atoms with van der Waals surface area (Å²) in [5.74, 6) is -0.0699. The fraction of sp³-hybridized carbons (Fsp3) is 0.533. The van der Waals surface area contributed by atoms with Crippen LogP contribution in [0.15, 0.2) is 18.2 Å². The Labute approximate surface area is 113 Å². The van der Waals surface area contributed by atoms with Crippen molar-refractivity contribution >= 4 is 5.91 Å². The standard InChI is InChI=1S/C15H21NO3/c1-10-5-3-7-13(14(10)18)15(19)16-8-4-6-12(16)9-11(2)17/h3,5,7,11-12,17-18H,4,6,8-9H2,1-2H3. The van der Waals surface area contributed by atoms with Crippen LogP contribution in [0.4, 0.5) is 0 Å². The summed E-state index contributed by atoms with van der Waals surface area (Å²) >= 11 is 0. The van der Waals surface area contributed by atoms with E-state index in [-0.39, 0.29) is 17.7 Å². The highest BCUT2D eigenvalue weighted by molar-refractivity contribution is 5.97. The minimum absolute atomic E-state index is 0.0650. The van der Waals surface area contributed by atoms with Crippen molar-refractivity contribution in [3.63, 3.8) is 0 Å². The number of aryl methyl sites for hydroxylation is 1. The average molecular weight is 263 g/mol. The maximum Gasteiger partial charge on any atom is 0.257 e. The van der Waals surface area contributed by atoms with Gasteiger partial charge in [-0.3, -0.25) is 4.79 Å². The van der Waals surface area contributed by atoms with E-state index in [2.05, 4.69) is 0 Å². The third-order valence-electron chi connectivity index (χ3n) is 3.72. The lowest BCUT2D eigenvalue weighted by Crippen LogP contribution is -2.37. The molecule has 2 N–H and O–H groups in total. The van der Waals surface area contributed by atoms with Crippen LogP contribution in [0, 0.1) is 6.92 Å². The molecule has 1 saturated heterocycles. The van der Waals surface area contributed by atoms with Gasteiger partial charge in [0.1, 0.15) is 5.75 Å². The van der Waals surface area contributed by atoms with Gasteiger partial charge >= 0.3 is 0 Å². The summed E-state index contributed by atoms with van der Waals surface area (Å²) in [6.07, 6.45) is 2.06. The Bertz CT molecular complexity index is 470. The third kappa shape index (κ3) is 2.89. The van der Waals surface area contributed by atoms with E-state index in [1.165, 1.54) is 0 Å². The number of phenolic OH excluding ortho intramolecular Hbond substituents is 1. The number of para-hydroxylation sites is 1. The molecule has 2 atom stereocenters. The highest BCUT2D eigenvalue weighted by atomic mass is 16.3. The van der Waals surface area contributed by atoms with Gasteiger partial charge in [-0.05, 0) is 44.7 Å². The van der Waals surface area contributed by atoms with Crippen LogP contribution in [0.5, 0.6) is 5.75 Å². The minimum Gasteiger partial charge on any atom is -0.507 e. The molecule has 1 aromatic carbocycles. The molecule has 2 rings (SSSR count). The molecule has 19 heavy (non-hydrogen) atoms. The van der Waals surface area contributed by atoms with Crippen LogP contribution >= 0.6 is 0 Å². The normalized spacial score (nSPS) is 20.6. The number of aromatic hydroxyl groups is 1. The van der Waals surface area contributed by atoms with E-state index in [1.54, 1.807) is 36.9 Å². The van der Waals surface area contributed by atoms with Crippen molar-refractivity contribution in [2.45, 2.75) is 45.3 Å².